The Morgan fingerprint density at radius 1 is 1.29 bits per heavy atom. The van der Waals surface area contributed by atoms with Gasteiger partial charge in [-0.2, -0.15) is 0 Å². The average Bonchev–Trinajstić information content (AvgIpc) is 3.34. The van der Waals surface area contributed by atoms with Gasteiger partial charge in [0.25, 0.3) is 5.91 Å². The Morgan fingerprint density at radius 2 is 2.09 bits per heavy atom. The maximum absolute atomic E-state index is 13.4. The lowest BCUT2D eigenvalue weighted by Crippen LogP contribution is -2.45. The topological polar surface area (TPSA) is 91.2 Å². The van der Waals surface area contributed by atoms with Crippen molar-refractivity contribution in [3.63, 3.8) is 0 Å². The van der Waals surface area contributed by atoms with E-state index in [2.05, 4.69) is 14.7 Å². The fourth-order valence-electron chi connectivity index (χ4n) is 4.83. The SMILES string of the molecule is CCn1c(-c2nc3cc(C(=O)N4CCCC(N)C4)cc(OC(F)(F)F)c3n2C)cc2cccnc21. The summed E-state index contributed by atoms with van der Waals surface area (Å²) in [5.74, 6) is -0.428. The maximum Gasteiger partial charge on any atom is 0.573 e. The molecule has 1 amide bonds. The third-order valence-electron chi connectivity index (χ3n) is 6.35. The third-order valence-corrected chi connectivity index (χ3v) is 6.35. The first-order valence-corrected chi connectivity index (χ1v) is 11.4. The monoisotopic (exact) mass is 486 g/mol. The summed E-state index contributed by atoms with van der Waals surface area (Å²) in [7, 11) is 1.63. The minimum absolute atomic E-state index is 0.0770. The number of aromatic nitrogens is 4. The number of imidazole rings is 1. The molecule has 5 rings (SSSR count). The zero-order chi connectivity index (χ0) is 24.9. The van der Waals surface area contributed by atoms with Crippen molar-refractivity contribution in [3.05, 3.63) is 42.1 Å². The van der Waals surface area contributed by atoms with Crippen LogP contribution in [0.5, 0.6) is 5.75 Å². The maximum atomic E-state index is 13.4. The minimum atomic E-state index is -4.94. The lowest BCUT2D eigenvalue weighted by atomic mass is 10.0. The molecule has 0 radical (unpaired) electrons. The fourth-order valence-corrected chi connectivity index (χ4v) is 4.83. The average molecular weight is 486 g/mol. The second-order valence-electron chi connectivity index (χ2n) is 8.73. The van der Waals surface area contributed by atoms with Crippen molar-refractivity contribution < 1.29 is 22.7 Å². The van der Waals surface area contributed by atoms with Gasteiger partial charge >= 0.3 is 6.36 Å². The molecule has 1 aliphatic heterocycles. The van der Waals surface area contributed by atoms with E-state index in [-0.39, 0.29) is 22.6 Å². The number of halogens is 3. The summed E-state index contributed by atoms with van der Waals surface area (Å²) < 4.78 is 47.9. The van der Waals surface area contributed by atoms with E-state index in [0.29, 0.717) is 31.2 Å². The first-order valence-electron chi connectivity index (χ1n) is 11.4. The number of hydrogen-bond donors (Lipinski definition) is 1. The van der Waals surface area contributed by atoms with E-state index in [9.17, 15) is 18.0 Å². The largest absolute Gasteiger partial charge is 0.573 e. The van der Waals surface area contributed by atoms with Crippen LogP contribution >= 0.6 is 0 Å². The molecule has 4 aromatic rings. The zero-order valence-corrected chi connectivity index (χ0v) is 19.3. The lowest BCUT2D eigenvalue weighted by molar-refractivity contribution is -0.274. The van der Waals surface area contributed by atoms with Gasteiger partial charge in [-0.05, 0) is 50.1 Å². The molecular formula is C24H25F3N6O2. The number of aryl methyl sites for hydroxylation is 2. The first-order chi connectivity index (χ1) is 16.7. The predicted molar refractivity (Wildman–Crippen MR) is 125 cm³/mol. The van der Waals surface area contributed by atoms with Crippen LogP contribution in [0.2, 0.25) is 0 Å². The molecule has 0 spiro atoms. The third kappa shape index (κ3) is 4.20. The molecule has 1 fully saturated rings. The summed E-state index contributed by atoms with van der Waals surface area (Å²) >= 11 is 0. The molecule has 1 unspecified atom stereocenters. The van der Waals surface area contributed by atoms with Gasteiger partial charge in [0.05, 0.1) is 11.2 Å². The Bertz CT molecular complexity index is 1420. The summed E-state index contributed by atoms with van der Waals surface area (Å²) in [6, 6.07) is 8.13. The lowest BCUT2D eigenvalue weighted by Gasteiger charge is -2.31. The van der Waals surface area contributed by atoms with Gasteiger partial charge in [-0.1, -0.05) is 0 Å². The van der Waals surface area contributed by atoms with Gasteiger partial charge in [-0.25, -0.2) is 9.97 Å². The Hall–Kier alpha value is -3.60. The van der Waals surface area contributed by atoms with Gasteiger partial charge in [0.2, 0.25) is 0 Å². The van der Waals surface area contributed by atoms with Crippen molar-refractivity contribution in [2.45, 2.75) is 38.7 Å². The van der Waals surface area contributed by atoms with Gasteiger partial charge in [0.1, 0.15) is 11.2 Å². The first kappa shape index (κ1) is 23.2. The molecule has 2 N–H and O–H groups in total. The molecule has 0 saturated carbocycles. The van der Waals surface area contributed by atoms with Crippen LogP contribution in [0.25, 0.3) is 33.6 Å². The molecule has 1 saturated heterocycles. The Labute approximate surface area is 199 Å². The number of nitrogens with two attached hydrogens (primary N) is 1. The molecule has 3 aromatic heterocycles. The standard InChI is InChI=1S/C24H25F3N6O2/c1-3-33-18(11-14-6-4-8-29-21(14)33)22-30-17-10-15(23(34)32-9-5-7-16(28)13-32)12-19(20(17)31(22)2)35-24(25,26)27/h4,6,8,10-12,16H,3,5,7,9,13,28H2,1-2H3. The molecule has 35 heavy (non-hydrogen) atoms. The highest BCUT2D eigenvalue weighted by molar-refractivity contribution is 6.00. The summed E-state index contributed by atoms with van der Waals surface area (Å²) in [4.78, 5) is 23.8. The van der Waals surface area contributed by atoms with Crippen LogP contribution in [-0.2, 0) is 13.6 Å². The minimum Gasteiger partial charge on any atom is -0.403 e. The molecular weight excluding hydrogens is 461 g/mol. The second-order valence-corrected chi connectivity index (χ2v) is 8.73. The van der Waals surface area contributed by atoms with Crippen molar-refractivity contribution >= 4 is 28.0 Å². The van der Waals surface area contributed by atoms with Crippen LogP contribution in [0.15, 0.2) is 36.5 Å². The highest BCUT2D eigenvalue weighted by atomic mass is 19.4. The zero-order valence-electron chi connectivity index (χ0n) is 19.3. The predicted octanol–water partition coefficient (Wildman–Crippen LogP) is 4.07. The van der Waals surface area contributed by atoms with Crippen LogP contribution < -0.4 is 10.5 Å². The fraction of sp³-hybridized carbons (Fsp3) is 0.375. The number of likely N-dealkylation sites (tertiary alicyclic amines) is 1. The van der Waals surface area contributed by atoms with Crippen LogP contribution in [0.4, 0.5) is 13.2 Å². The molecule has 0 aliphatic carbocycles. The van der Waals surface area contributed by atoms with Gasteiger partial charge in [0, 0.05) is 49.9 Å². The van der Waals surface area contributed by atoms with Crippen molar-refractivity contribution in [2.75, 3.05) is 13.1 Å². The Balaban J connectivity index is 1.68. The van der Waals surface area contributed by atoms with Crippen molar-refractivity contribution in [1.29, 1.82) is 0 Å². The molecule has 1 aromatic carbocycles. The molecule has 4 heterocycles. The number of nitrogens with zero attached hydrogens (tertiary/aromatic N) is 5. The van der Waals surface area contributed by atoms with Crippen LogP contribution in [-0.4, -0.2) is 55.4 Å². The van der Waals surface area contributed by atoms with Crippen LogP contribution in [0, 0.1) is 0 Å². The van der Waals surface area contributed by atoms with E-state index >= 15 is 0 Å². The summed E-state index contributed by atoms with van der Waals surface area (Å²) in [6.45, 7) is 3.39. The molecule has 184 valence electrons. The van der Waals surface area contributed by atoms with Crippen molar-refractivity contribution in [1.82, 2.24) is 24.0 Å². The molecule has 0 bridgehead atoms. The Morgan fingerprint density at radius 3 is 2.80 bits per heavy atom. The number of benzene rings is 1. The van der Waals surface area contributed by atoms with E-state index in [1.165, 1.54) is 6.07 Å². The van der Waals surface area contributed by atoms with Crippen molar-refractivity contribution in [2.24, 2.45) is 12.8 Å². The number of rotatable bonds is 4. The highest BCUT2D eigenvalue weighted by Crippen LogP contribution is 2.36. The summed E-state index contributed by atoms with van der Waals surface area (Å²) in [5, 5.41) is 0.889. The number of fused-ring (bicyclic) bond motifs is 2. The number of pyridine rings is 1. The number of hydrogen-bond acceptors (Lipinski definition) is 5. The van der Waals surface area contributed by atoms with Gasteiger partial charge in [0.15, 0.2) is 11.6 Å². The van der Waals surface area contributed by atoms with E-state index in [1.54, 1.807) is 22.7 Å². The quantitative estimate of drug-likeness (QED) is 0.470. The number of amides is 1. The Kier molecular flexibility index (Phi) is 5.66. The molecule has 1 aliphatic rings. The number of piperidine rings is 1. The molecule has 11 heteroatoms. The number of carbonyl (C=O) groups is 1. The van der Waals surface area contributed by atoms with Gasteiger partial charge in [-0.3, -0.25) is 4.79 Å². The molecule has 1 atom stereocenters. The number of alkyl halides is 3. The normalized spacial score (nSPS) is 16.9. The van der Waals surface area contributed by atoms with Gasteiger partial charge < -0.3 is 24.5 Å². The van der Waals surface area contributed by atoms with Crippen LogP contribution in [0.1, 0.15) is 30.1 Å². The van der Waals surface area contributed by atoms with Gasteiger partial charge in [-0.15, -0.1) is 13.2 Å². The smallest absolute Gasteiger partial charge is 0.403 e. The van der Waals surface area contributed by atoms with Crippen molar-refractivity contribution in [3.8, 4) is 17.3 Å². The van der Waals surface area contributed by atoms with Crippen LogP contribution in [0.3, 0.4) is 0 Å². The summed E-state index contributed by atoms with van der Waals surface area (Å²) in [5.41, 5.74) is 7.91. The highest BCUT2D eigenvalue weighted by Gasteiger charge is 2.34. The molecule has 8 nitrogen and oxygen atoms in total. The van der Waals surface area contributed by atoms with E-state index in [4.69, 9.17) is 5.73 Å². The van der Waals surface area contributed by atoms with E-state index < -0.39 is 18.0 Å². The second kappa shape index (κ2) is 8.56. The number of ether oxygens (including phenoxy) is 1. The number of carbonyl (C=O) groups excluding carboxylic acids is 1. The van der Waals surface area contributed by atoms with E-state index in [1.807, 2.05) is 29.7 Å². The van der Waals surface area contributed by atoms with E-state index in [0.717, 1.165) is 29.9 Å². The summed E-state index contributed by atoms with van der Waals surface area (Å²) in [6.07, 6.45) is -1.71.